The molecule has 1 saturated carbocycles. The minimum atomic E-state index is -0.0170. The number of nitrogens with zero attached hydrogens (tertiary/aromatic N) is 1. The second-order valence-electron chi connectivity index (χ2n) is 5.29. The fourth-order valence-corrected chi connectivity index (χ4v) is 2.33. The van der Waals surface area contributed by atoms with E-state index < -0.39 is 0 Å². The van der Waals surface area contributed by atoms with Gasteiger partial charge in [-0.25, -0.2) is 0 Å². The molecule has 4 heteroatoms. The van der Waals surface area contributed by atoms with E-state index in [0.29, 0.717) is 16.8 Å². The van der Waals surface area contributed by atoms with Crippen LogP contribution >= 0.6 is 0 Å². The first-order valence-electron chi connectivity index (χ1n) is 6.28. The van der Waals surface area contributed by atoms with Gasteiger partial charge in [0.2, 0.25) is 0 Å². The summed E-state index contributed by atoms with van der Waals surface area (Å²) in [7, 11) is 0. The molecule has 0 unspecified atom stereocenters. The van der Waals surface area contributed by atoms with E-state index in [1.54, 1.807) is 12.3 Å². The maximum atomic E-state index is 12.0. The quantitative estimate of drug-likeness (QED) is 0.838. The molecule has 17 heavy (non-hydrogen) atoms. The lowest BCUT2D eigenvalue weighted by atomic mass is 9.70. The lowest BCUT2D eigenvalue weighted by Gasteiger charge is -2.38. The monoisotopic (exact) mass is 235 g/mol. The standard InChI is InChI=1S/C13H21N3O/c1-3-16-8-10(14)7-11(16)12(17)15-9-13(2)5-4-6-13/h7-8H,3-6,9,14H2,1-2H3,(H,15,17). The van der Waals surface area contributed by atoms with Crippen molar-refractivity contribution < 1.29 is 4.79 Å². The van der Waals surface area contributed by atoms with Crippen molar-refractivity contribution >= 4 is 11.6 Å². The van der Waals surface area contributed by atoms with Crippen LogP contribution in [0.2, 0.25) is 0 Å². The first-order valence-corrected chi connectivity index (χ1v) is 6.28. The highest BCUT2D eigenvalue weighted by atomic mass is 16.1. The van der Waals surface area contributed by atoms with Crippen molar-refractivity contribution in [2.24, 2.45) is 5.41 Å². The largest absolute Gasteiger partial charge is 0.397 e. The third kappa shape index (κ3) is 2.46. The lowest BCUT2D eigenvalue weighted by Crippen LogP contribution is -2.40. The molecule has 3 N–H and O–H groups in total. The summed E-state index contributed by atoms with van der Waals surface area (Å²) in [6.45, 7) is 5.76. The minimum Gasteiger partial charge on any atom is -0.397 e. The predicted molar refractivity (Wildman–Crippen MR) is 68.8 cm³/mol. The molecule has 0 aromatic carbocycles. The van der Waals surface area contributed by atoms with Gasteiger partial charge in [-0.3, -0.25) is 4.79 Å². The van der Waals surface area contributed by atoms with Gasteiger partial charge in [0.05, 0.1) is 5.69 Å². The molecule has 1 aromatic rings. The molecule has 0 aliphatic heterocycles. The number of carbonyl (C=O) groups is 1. The van der Waals surface area contributed by atoms with Crippen molar-refractivity contribution in [3.63, 3.8) is 0 Å². The molecule has 1 aliphatic rings. The predicted octanol–water partition coefficient (Wildman–Crippen LogP) is 2.01. The van der Waals surface area contributed by atoms with Crippen molar-refractivity contribution in [3.8, 4) is 0 Å². The average Bonchev–Trinajstić information content (AvgIpc) is 2.64. The molecule has 0 saturated heterocycles. The number of hydrogen-bond donors (Lipinski definition) is 2. The van der Waals surface area contributed by atoms with Crippen LogP contribution in [0.4, 0.5) is 5.69 Å². The van der Waals surface area contributed by atoms with Crippen LogP contribution in [-0.4, -0.2) is 17.0 Å². The normalized spacial score (nSPS) is 17.5. The van der Waals surface area contributed by atoms with Gasteiger partial charge in [0, 0.05) is 19.3 Å². The van der Waals surface area contributed by atoms with E-state index >= 15 is 0 Å². The molecular formula is C13H21N3O. The number of carbonyl (C=O) groups excluding carboxylic acids is 1. The van der Waals surface area contributed by atoms with E-state index in [4.69, 9.17) is 5.73 Å². The zero-order valence-electron chi connectivity index (χ0n) is 10.6. The molecule has 0 radical (unpaired) electrons. The second kappa shape index (κ2) is 4.43. The van der Waals surface area contributed by atoms with Crippen LogP contribution in [-0.2, 0) is 6.54 Å². The Morgan fingerprint density at radius 3 is 2.82 bits per heavy atom. The number of hydrogen-bond acceptors (Lipinski definition) is 2. The Hall–Kier alpha value is -1.45. The summed E-state index contributed by atoms with van der Waals surface area (Å²) < 4.78 is 1.88. The zero-order valence-corrected chi connectivity index (χ0v) is 10.6. The highest BCUT2D eigenvalue weighted by Crippen LogP contribution is 2.39. The number of nitrogen functional groups attached to an aromatic ring is 1. The molecule has 2 rings (SSSR count). The van der Waals surface area contributed by atoms with Crippen molar-refractivity contribution in [2.45, 2.75) is 39.7 Å². The number of nitrogens with one attached hydrogen (secondary N) is 1. The zero-order chi connectivity index (χ0) is 12.5. The first-order chi connectivity index (χ1) is 8.04. The van der Waals surface area contributed by atoms with Gasteiger partial charge in [0.25, 0.3) is 5.91 Å². The highest BCUT2D eigenvalue weighted by molar-refractivity contribution is 5.93. The van der Waals surface area contributed by atoms with Crippen LogP contribution in [0.1, 0.15) is 43.6 Å². The van der Waals surface area contributed by atoms with Crippen molar-refractivity contribution in [1.29, 1.82) is 0 Å². The Bertz CT molecular complexity index is 418. The third-order valence-electron chi connectivity index (χ3n) is 3.73. The molecular weight excluding hydrogens is 214 g/mol. The Labute approximate surface area is 102 Å². The number of amides is 1. The van der Waals surface area contributed by atoms with E-state index in [-0.39, 0.29) is 5.91 Å². The number of rotatable bonds is 4. The van der Waals surface area contributed by atoms with Gasteiger partial charge >= 0.3 is 0 Å². The SMILES string of the molecule is CCn1cc(N)cc1C(=O)NCC1(C)CCC1. The molecule has 0 bridgehead atoms. The van der Waals surface area contributed by atoms with Crippen LogP contribution in [0.15, 0.2) is 12.3 Å². The van der Waals surface area contributed by atoms with E-state index in [1.165, 1.54) is 19.3 Å². The fourth-order valence-electron chi connectivity index (χ4n) is 2.33. The number of aryl methyl sites for hydroxylation is 1. The molecule has 0 atom stereocenters. The molecule has 94 valence electrons. The van der Waals surface area contributed by atoms with Crippen LogP contribution in [0.5, 0.6) is 0 Å². The first kappa shape index (κ1) is 12.0. The smallest absolute Gasteiger partial charge is 0.268 e. The van der Waals surface area contributed by atoms with Crippen molar-refractivity contribution in [2.75, 3.05) is 12.3 Å². The minimum absolute atomic E-state index is 0.0170. The Kier molecular flexibility index (Phi) is 3.13. The summed E-state index contributed by atoms with van der Waals surface area (Å²) in [5.74, 6) is -0.0170. The fraction of sp³-hybridized carbons (Fsp3) is 0.615. The lowest BCUT2D eigenvalue weighted by molar-refractivity contribution is 0.0882. The van der Waals surface area contributed by atoms with Gasteiger partial charge in [-0.2, -0.15) is 0 Å². The van der Waals surface area contributed by atoms with E-state index in [1.807, 2.05) is 11.5 Å². The summed E-state index contributed by atoms with van der Waals surface area (Å²) in [4.78, 5) is 12.0. The molecule has 1 aromatic heterocycles. The van der Waals surface area contributed by atoms with Crippen LogP contribution in [0, 0.1) is 5.41 Å². The summed E-state index contributed by atoms with van der Waals surface area (Å²) in [5, 5.41) is 3.01. The van der Waals surface area contributed by atoms with Gasteiger partial charge in [-0.1, -0.05) is 13.3 Å². The molecule has 1 aliphatic carbocycles. The summed E-state index contributed by atoms with van der Waals surface area (Å²) in [6.07, 6.45) is 5.51. The number of anilines is 1. The van der Waals surface area contributed by atoms with Gasteiger partial charge < -0.3 is 15.6 Å². The maximum absolute atomic E-state index is 12.0. The van der Waals surface area contributed by atoms with Crippen LogP contribution in [0.25, 0.3) is 0 Å². The molecule has 1 fully saturated rings. The second-order valence-corrected chi connectivity index (χ2v) is 5.29. The topological polar surface area (TPSA) is 60.0 Å². The Morgan fingerprint density at radius 1 is 1.59 bits per heavy atom. The molecule has 1 amide bonds. The van der Waals surface area contributed by atoms with E-state index in [0.717, 1.165) is 13.1 Å². The third-order valence-corrected chi connectivity index (χ3v) is 3.73. The molecule has 0 spiro atoms. The van der Waals surface area contributed by atoms with Crippen molar-refractivity contribution in [3.05, 3.63) is 18.0 Å². The number of aromatic nitrogens is 1. The van der Waals surface area contributed by atoms with Crippen LogP contribution < -0.4 is 11.1 Å². The van der Waals surface area contributed by atoms with Crippen LogP contribution in [0.3, 0.4) is 0 Å². The van der Waals surface area contributed by atoms with Gasteiger partial charge in [0.15, 0.2) is 0 Å². The summed E-state index contributed by atoms with van der Waals surface area (Å²) in [6, 6.07) is 1.74. The van der Waals surface area contributed by atoms with E-state index in [9.17, 15) is 4.79 Å². The van der Waals surface area contributed by atoms with Gasteiger partial charge in [0.1, 0.15) is 5.69 Å². The van der Waals surface area contributed by atoms with Gasteiger partial charge in [-0.05, 0) is 31.2 Å². The van der Waals surface area contributed by atoms with Crippen molar-refractivity contribution in [1.82, 2.24) is 9.88 Å². The molecule has 1 heterocycles. The molecule has 4 nitrogen and oxygen atoms in total. The maximum Gasteiger partial charge on any atom is 0.268 e. The Balaban J connectivity index is 1.99. The average molecular weight is 235 g/mol. The highest BCUT2D eigenvalue weighted by Gasteiger charge is 2.32. The van der Waals surface area contributed by atoms with Gasteiger partial charge in [-0.15, -0.1) is 0 Å². The summed E-state index contributed by atoms with van der Waals surface area (Å²) >= 11 is 0. The summed E-state index contributed by atoms with van der Waals surface area (Å²) in [5.41, 5.74) is 7.33. The Morgan fingerprint density at radius 2 is 2.29 bits per heavy atom. The van der Waals surface area contributed by atoms with E-state index in [2.05, 4.69) is 12.2 Å². The number of nitrogens with two attached hydrogens (primary N) is 1.